The van der Waals surface area contributed by atoms with E-state index in [1.807, 2.05) is 27.7 Å². The first-order valence-electron chi connectivity index (χ1n) is 15.1. The largest absolute Gasteiger partial charge is 0.392 e. The van der Waals surface area contributed by atoms with Gasteiger partial charge in [0, 0.05) is 18.4 Å². The molecular formula is C32H52O9. The highest BCUT2D eigenvalue weighted by molar-refractivity contribution is 5.43. The standard InChI is InChI=1S/C32H52O9/c1-9-31(5,6)39-15-22-26(35)27(36)28(37)30(40-22)41-29-24-20(16(2)3)12-23(33)32(24,7)13-21-18(14-38-8)10-11-19(21)17(4)25(29)34/h9,13,16-19,22-23,25-30,33-37H,1,10-12,14-15H2,2-8H3/b21-13-/t17-,18-,19+,22-,23+,25-,26-,27+,28-,29-,30-,32+/m1/s1. The van der Waals surface area contributed by atoms with E-state index in [2.05, 4.69) is 26.5 Å². The lowest BCUT2D eigenvalue weighted by molar-refractivity contribution is -0.319. The summed E-state index contributed by atoms with van der Waals surface area (Å²) in [6.45, 7) is 16.0. The molecule has 1 aliphatic heterocycles. The van der Waals surface area contributed by atoms with Crippen molar-refractivity contribution in [2.45, 2.75) is 115 Å². The van der Waals surface area contributed by atoms with E-state index in [-0.39, 0.29) is 30.3 Å². The summed E-state index contributed by atoms with van der Waals surface area (Å²) in [5.74, 6) is 0.178. The Morgan fingerprint density at radius 1 is 1.07 bits per heavy atom. The van der Waals surface area contributed by atoms with Crippen LogP contribution in [-0.4, -0.2) is 100 Å². The van der Waals surface area contributed by atoms with E-state index in [1.54, 1.807) is 13.2 Å². The summed E-state index contributed by atoms with van der Waals surface area (Å²) >= 11 is 0. The Morgan fingerprint density at radius 2 is 1.76 bits per heavy atom. The molecule has 12 atom stereocenters. The highest BCUT2D eigenvalue weighted by Gasteiger charge is 2.55. The van der Waals surface area contributed by atoms with Gasteiger partial charge in [-0.3, -0.25) is 0 Å². The van der Waals surface area contributed by atoms with Crippen molar-refractivity contribution < 1.29 is 44.5 Å². The molecule has 9 heteroatoms. The first kappa shape index (κ1) is 32.8. The molecule has 9 nitrogen and oxygen atoms in total. The number of rotatable bonds is 9. The minimum absolute atomic E-state index is 0.0706. The van der Waals surface area contributed by atoms with Gasteiger partial charge >= 0.3 is 0 Å². The third-order valence-corrected chi connectivity index (χ3v) is 10.1. The van der Waals surface area contributed by atoms with Gasteiger partial charge in [0.1, 0.15) is 30.5 Å². The molecule has 0 bridgehead atoms. The van der Waals surface area contributed by atoms with Gasteiger partial charge in [0.25, 0.3) is 0 Å². The van der Waals surface area contributed by atoms with Crippen LogP contribution in [0.25, 0.3) is 0 Å². The van der Waals surface area contributed by atoms with Crippen LogP contribution in [0.2, 0.25) is 0 Å². The molecule has 0 amide bonds. The van der Waals surface area contributed by atoms with Crippen LogP contribution in [-0.2, 0) is 18.9 Å². The van der Waals surface area contributed by atoms with Crippen molar-refractivity contribution in [1.29, 1.82) is 0 Å². The maximum Gasteiger partial charge on any atom is 0.187 e. The second kappa shape index (κ2) is 12.5. The number of hydrogen-bond acceptors (Lipinski definition) is 9. The van der Waals surface area contributed by atoms with Gasteiger partial charge in [-0.25, -0.2) is 0 Å². The van der Waals surface area contributed by atoms with Crippen molar-refractivity contribution in [2.75, 3.05) is 20.3 Å². The summed E-state index contributed by atoms with van der Waals surface area (Å²) in [6, 6.07) is 0. The van der Waals surface area contributed by atoms with Crippen LogP contribution in [0, 0.1) is 29.1 Å². The van der Waals surface area contributed by atoms with E-state index in [9.17, 15) is 25.5 Å². The summed E-state index contributed by atoms with van der Waals surface area (Å²) in [5, 5.41) is 56.0. The van der Waals surface area contributed by atoms with Crippen LogP contribution in [0.3, 0.4) is 0 Å². The lowest BCUT2D eigenvalue weighted by Crippen LogP contribution is -2.61. The maximum atomic E-state index is 12.0. The van der Waals surface area contributed by atoms with E-state index in [1.165, 1.54) is 5.57 Å². The molecule has 0 aromatic rings. The van der Waals surface area contributed by atoms with Crippen LogP contribution in [0.4, 0.5) is 0 Å². The molecule has 0 spiro atoms. The number of aliphatic hydroxyl groups is 5. The number of fused-ring (bicyclic) bond motifs is 2. The van der Waals surface area contributed by atoms with Crippen molar-refractivity contribution in [1.82, 2.24) is 0 Å². The van der Waals surface area contributed by atoms with Crippen LogP contribution in [0.5, 0.6) is 0 Å². The number of methoxy groups -OCH3 is 1. The number of hydrogen-bond donors (Lipinski definition) is 5. The van der Waals surface area contributed by atoms with E-state index in [4.69, 9.17) is 18.9 Å². The fourth-order valence-corrected chi connectivity index (χ4v) is 7.30. The molecule has 0 radical (unpaired) electrons. The van der Waals surface area contributed by atoms with Crippen molar-refractivity contribution in [3.05, 3.63) is 35.5 Å². The van der Waals surface area contributed by atoms with E-state index in [0.29, 0.717) is 13.0 Å². The molecule has 2 fully saturated rings. The molecule has 0 aromatic heterocycles. The Morgan fingerprint density at radius 3 is 2.37 bits per heavy atom. The third-order valence-electron chi connectivity index (χ3n) is 10.1. The van der Waals surface area contributed by atoms with Gasteiger partial charge in [0.2, 0.25) is 0 Å². The topological polar surface area (TPSA) is 138 Å². The summed E-state index contributed by atoms with van der Waals surface area (Å²) in [6.07, 6.45) is -3.38. The van der Waals surface area contributed by atoms with Gasteiger partial charge in [-0.15, -0.1) is 6.58 Å². The van der Waals surface area contributed by atoms with Gasteiger partial charge in [0.05, 0.1) is 31.0 Å². The zero-order valence-electron chi connectivity index (χ0n) is 25.7. The molecule has 5 N–H and O–H groups in total. The molecule has 3 aliphatic carbocycles. The van der Waals surface area contributed by atoms with Crippen molar-refractivity contribution in [3.8, 4) is 0 Å². The molecule has 0 aromatic carbocycles. The van der Waals surface area contributed by atoms with Crippen LogP contribution in [0.15, 0.2) is 35.5 Å². The van der Waals surface area contributed by atoms with Crippen molar-refractivity contribution in [2.24, 2.45) is 29.1 Å². The normalized spacial score (nSPS) is 44.7. The Kier molecular flexibility index (Phi) is 9.96. The molecule has 0 unspecified atom stereocenters. The quantitative estimate of drug-likeness (QED) is 0.261. The predicted octanol–water partition coefficient (Wildman–Crippen LogP) is 2.49. The Balaban J connectivity index is 1.74. The second-order valence-corrected chi connectivity index (χ2v) is 13.6. The van der Waals surface area contributed by atoms with Gasteiger partial charge in [-0.2, -0.15) is 0 Å². The minimum Gasteiger partial charge on any atom is -0.392 e. The van der Waals surface area contributed by atoms with Crippen LogP contribution >= 0.6 is 0 Å². The molecule has 1 saturated carbocycles. The van der Waals surface area contributed by atoms with Gasteiger partial charge in [0.15, 0.2) is 6.29 Å². The second-order valence-electron chi connectivity index (χ2n) is 13.6. The molecule has 4 rings (SSSR count). The summed E-state index contributed by atoms with van der Waals surface area (Å²) < 4.78 is 24.0. The maximum absolute atomic E-state index is 12.0. The van der Waals surface area contributed by atoms with E-state index < -0.39 is 60.0 Å². The molecule has 234 valence electrons. The monoisotopic (exact) mass is 580 g/mol. The highest BCUT2D eigenvalue weighted by Crippen LogP contribution is 2.55. The number of aliphatic hydroxyl groups excluding tert-OH is 5. The zero-order valence-corrected chi connectivity index (χ0v) is 25.7. The van der Waals surface area contributed by atoms with Crippen LogP contribution < -0.4 is 0 Å². The average molecular weight is 581 g/mol. The van der Waals surface area contributed by atoms with E-state index >= 15 is 0 Å². The Labute approximate surface area is 244 Å². The molecule has 1 heterocycles. The summed E-state index contributed by atoms with van der Waals surface area (Å²) in [7, 11) is 1.70. The highest BCUT2D eigenvalue weighted by atomic mass is 16.7. The first-order chi connectivity index (χ1) is 19.2. The van der Waals surface area contributed by atoms with Crippen molar-refractivity contribution in [3.63, 3.8) is 0 Å². The fraction of sp³-hybridized carbons (Fsp3) is 0.812. The molecular weight excluding hydrogens is 528 g/mol. The number of ether oxygens (including phenoxy) is 4. The Bertz CT molecular complexity index is 1010. The van der Waals surface area contributed by atoms with E-state index in [0.717, 1.165) is 24.0 Å². The van der Waals surface area contributed by atoms with Gasteiger partial charge < -0.3 is 44.5 Å². The minimum atomic E-state index is -1.56. The smallest absolute Gasteiger partial charge is 0.187 e. The average Bonchev–Trinajstić information content (AvgIpc) is 3.42. The lowest BCUT2D eigenvalue weighted by atomic mass is 9.68. The van der Waals surface area contributed by atoms with Crippen LogP contribution in [0.1, 0.15) is 60.8 Å². The van der Waals surface area contributed by atoms with Gasteiger partial charge in [-0.05, 0) is 63.4 Å². The lowest BCUT2D eigenvalue weighted by Gasteiger charge is -2.46. The fourth-order valence-electron chi connectivity index (χ4n) is 7.30. The van der Waals surface area contributed by atoms with Gasteiger partial charge in [-0.1, -0.05) is 44.1 Å². The predicted molar refractivity (Wildman–Crippen MR) is 154 cm³/mol. The molecule has 4 aliphatic rings. The SMILES string of the molecule is C=CC(C)(C)OC[C@H]1O[C@H](O[C@@H]2C3=C(C(C)C)C[C@H](O)[C@]3(C)/C=C3/[C@@H](COC)CC[C@H]3[C@@H](C)[C@H]2O)[C@H](O)[C@@H](O)[C@@H]1O. The molecule has 41 heavy (non-hydrogen) atoms. The molecule has 1 saturated heterocycles. The summed E-state index contributed by atoms with van der Waals surface area (Å²) in [4.78, 5) is 0. The third kappa shape index (κ3) is 6.12. The zero-order chi connectivity index (χ0) is 30.4. The summed E-state index contributed by atoms with van der Waals surface area (Å²) in [5.41, 5.74) is 1.51. The first-order valence-corrected chi connectivity index (χ1v) is 15.1. The Hall–Kier alpha value is -1.14. The van der Waals surface area contributed by atoms with Crippen molar-refractivity contribution >= 4 is 0 Å².